The average Bonchev–Trinajstić information content (AvgIpc) is 1.53. The summed E-state index contributed by atoms with van der Waals surface area (Å²) >= 11 is 0. The predicted octanol–water partition coefficient (Wildman–Crippen LogP) is -2.41. The average molecular weight is 210 g/mol. The second-order valence-corrected chi connectivity index (χ2v) is 2.49. The van der Waals surface area contributed by atoms with Crippen molar-refractivity contribution in [1.29, 1.82) is 0 Å². The molecular formula is C2H4NaO8P. The van der Waals surface area contributed by atoms with E-state index in [0.717, 1.165) is 0 Å². The van der Waals surface area contributed by atoms with Crippen molar-refractivity contribution in [3.63, 3.8) is 0 Å². The van der Waals surface area contributed by atoms with Crippen molar-refractivity contribution in [3.8, 4) is 0 Å². The van der Waals surface area contributed by atoms with Crippen LogP contribution in [0, 0.1) is 0 Å². The quantitative estimate of drug-likeness (QED) is 0.339. The van der Waals surface area contributed by atoms with Gasteiger partial charge in [0.25, 0.3) is 0 Å². The van der Waals surface area contributed by atoms with E-state index in [-0.39, 0.29) is 31.0 Å². The van der Waals surface area contributed by atoms with Crippen LogP contribution in [0.2, 0.25) is 0 Å². The van der Waals surface area contributed by atoms with Crippen molar-refractivity contribution in [2.45, 2.75) is 0 Å². The molecule has 0 aliphatic carbocycles. The molecule has 0 aliphatic heterocycles. The van der Waals surface area contributed by atoms with Gasteiger partial charge in [0.05, 0.1) is 0 Å². The minimum atomic E-state index is -5.00. The Hall–Kier alpha value is -0.270. The van der Waals surface area contributed by atoms with Gasteiger partial charge >= 0.3 is 49.7 Å². The van der Waals surface area contributed by atoms with Crippen molar-refractivity contribution >= 4 is 20.1 Å². The second kappa shape index (κ2) is 5.39. The number of carbonyl (C=O) groups is 2. The largest absolute Gasteiger partial charge is 1.00 e. The van der Waals surface area contributed by atoms with Crippen LogP contribution in [-0.2, 0) is 13.6 Å². The molecule has 0 aromatic carbocycles. The van der Waals surface area contributed by atoms with Gasteiger partial charge in [-0.3, -0.25) is 4.89 Å². The standard InChI is InChI=1S/C2H3O8P.Na.H/c3-1(4)9-11(7,8)10-2(5)6;;/h(H,3,4)(H,5,6)(H,7,8);;/q;+1;-1. The molecule has 0 rings (SSSR count). The van der Waals surface area contributed by atoms with E-state index < -0.39 is 20.1 Å². The number of hydrogen-bond acceptors (Lipinski definition) is 5. The van der Waals surface area contributed by atoms with Crippen LogP contribution in [0.1, 0.15) is 1.43 Å². The van der Waals surface area contributed by atoms with Crippen LogP contribution < -0.4 is 29.6 Å². The predicted molar refractivity (Wildman–Crippen MR) is 29.2 cm³/mol. The third kappa shape index (κ3) is 7.83. The molecule has 0 fully saturated rings. The maximum atomic E-state index is 10.2. The summed E-state index contributed by atoms with van der Waals surface area (Å²) in [5.74, 6) is 0. The fraction of sp³-hybridized carbons (Fsp3) is 0. The molecule has 0 heterocycles. The molecule has 10 heteroatoms. The van der Waals surface area contributed by atoms with E-state index in [2.05, 4.69) is 9.05 Å². The topological polar surface area (TPSA) is 130 Å². The molecule has 0 radical (unpaired) electrons. The molecule has 0 saturated carbocycles. The first-order valence-electron chi connectivity index (χ1n) is 2.01. The van der Waals surface area contributed by atoms with Crippen LogP contribution >= 0.6 is 7.82 Å². The van der Waals surface area contributed by atoms with Gasteiger partial charge in [-0.2, -0.15) is 0 Å². The Labute approximate surface area is 89.5 Å². The summed E-state index contributed by atoms with van der Waals surface area (Å²) in [5, 5.41) is 15.5. The van der Waals surface area contributed by atoms with Crippen LogP contribution in [0.3, 0.4) is 0 Å². The van der Waals surface area contributed by atoms with E-state index in [0.29, 0.717) is 0 Å². The first kappa shape index (κ1) is 14.3. The Balaban J connectivity index is -0.000000500. The first-order chi connectivity index (χ1) is 4.83. The molecule has 0 atom stereocenters. The molecule has 0 aromatic heterocycles. The summed E-state index contributed by atoms with van der Waals surface area (Å²) in [7, 11) is -5.00. The molecule has 0 amide bonds. The molecule has 3 N–H and O–H groups in total. The summed E-state index contributed by atoms with van der Waals surface area (Å²) in [6, 6.07) is 0. The Morgan fingerprint density at radius 2 is 1.42 bits per heavy atom. The minimum absolute atomic E-state index is 0. The monoisotopic (exact) mass is 210 g/mol. The summed E-state index contributed by atoms with van der Waals surface area (Å²) < 4.78 is 16.5. The molecule has 0 aromatic rings. The van der Waals surface area contributed by atoms with Gasteiger partial charge in [0.15, 0.2) is 0 Å². The van der Waals surface area contributed by atoms with Crippen molar-refractivity contribution in [2.24, 2.45) is 0 Å². The second-order valence-electron chi connectivity index (χ2n) is 1.18. The molecule has 0 bridgehead atoms. The maximum Gasteiger partial charge on any atom is 1.00 e. The number of rotatable bonds is 2. The first-order valence-corrected chi connectivity index (χ1v) is 3.51. The van der Waals surface area contributed by atoms with Gasteiger partial charge in [0, 0.05) is 0 Å². The smallest absolute Gasteiger partial charge is 1.00 e. The maximum absolute atomic E-state index is 10.2. The summed E-state index contributed by atoms with van der Waals surface area (Å²) in [5.41, 5.74) is 0. The Morgan fingerprint density at radius 1 is 1.17 bits per heavy atom. The van der Waals surface area contributed by atoms with Crippen LogP contribution in [0.25, 0.3) is 0 Å². The van der Waals surface area contributed by atoms with Crippen molar-refractivity contribution in [1.82, 2.24) is 0 Å². The molecule has 0 saturated heterocycles. The minimum Gasteiger partial charge on any atom is -1.00 e. The van der Waals surface area contributed by atoms with Gasteiger partial charge in [-0.05, 0) is 0 Å². The zero-order chi connectivity index (χ0) is 9.07. The van der Waals surface area contributed by atoms with E-state index in [1.165, 1.54) is 0 Å². The normalized spacial score (nSPS) is 9.42. The molecular weight excluding hydrogens is 206 g/mol. The van der Waals surface area contributed by atoms with Gasteiger partial charge in [0.2, 0.25) is 0 Å². The van der Waals surface area contributed by atoms with E-state index >= 15 is 0 Å². The van der Waals surface area contributed by atoms with Crippen LogP contribution in [-0.4, -0.2) is 27.4 Å². The van der Waals surface area contributed by atoms with Crippen molar-refractivity contribution < 1.29 is 69.3 Å². The van der Waals surface area contributed by atoms with Gasteiger partial charge in [-0.1, -0.05) is 0 Å². The molecule has 0 spiro atoms. The van der Waals surface area contributed by atoms with Crippen LogP contribution in [0.15, 0.2) is 0 Å². The Kier molecular flexibility index (Phi) is 6.41. The number of phosphoric ester groups is 1. The Bertz CT molecular complexity index is 208. The van der Waals surface area contributed by atoms with Gasteiger partial charge < -0.3 is 20.7 Å². The van der Waals surface area contributed by atoms with E-state index in [1.54, 1.807) is 0 Å². The zero-order valence-corrected chi connectivity index (χ0v) is 8.72. The third-order valence-electron chi connectivity index (χ3n) is 0.387. The molecule has 0 unspecified atom stereocenters. The van der Waals surface area contributed by atoms with Gasteiger partial charge in [0.1, 0.15) is 0 Å². The molecule has 0 aliphatic rings. The number of carboxylic acid groups (broad SMARTS) is 2. The SMILES string of the molecule is O=C(O)OP(=O)(O)OC(=O)O.[H-].[Na+]. The summed E-state index contributed by atoms with van der Waals surface area (Å²) in [6.07, 6.45) is -4.20. The van der Waals surface area contributed by atoms with Crippen molar-refractivity contribution in [2.75, 3.05) is 0 Å². The number of phosphoric acid groups is 1. The Morgan fingerprint density at radius 3 is 1.58 bits per heavy atom. The van der Waals surface area contributed by atoms with E-state index in [1.807, 2.05) is 0 Å². The van der Waals surface area contributed by atoms with Crippen LogP contribution in [0.4, 0.5) is 9.59 Å². The fourth-order valence-corrected chi connectivity index (χ4v) is 0.648. The van der Waals surface area contributed by atoms with Crippen molar-refractivity contribution in [3.05, 3.63) is 0 Å². The molecule has 66 valence electrons. The fourth-order valence-electron chi connectivity index (χ4n) is 0.216. The van der Waals surface area contributed by atoms with Gasteiger partial charge in [-0.15, -0.1) is 0 Å². The summed E-state index contributed by atoms with van der Waals surface area (Å²) in [6.45, 7) is 0. The van der Waals surface area contributed by atoms with E-state index in [4.69, 9.17) is 15.1 Å². The molecule has 12 heavy (non-hydrogen) atoms. The van der Waals surface area contributed by atoms with E-state index in [9.17, 15) is 14.2 Å². The zero-order valence-electron chi connectivity index (χ0n) is 6.83. The summed E-state index contributed by atoms with van der Waals surface area (Å²) in [4.78, 5) is 27.3. The molecule has 8 nitrogen and oxygen atoms in total. The van der Waals surface area contributed by atoms with Crippen LogP contribution in [0.5, 0.6) is 0 Å². The van der Waals surface area contributed by atoms with Gasteiger partial charge in [-0.25, -0.2) is 14.2 Å². The number of hydrogen-bond donors (Lipinski definition) is 3. The third-order valence-corrected chi connectivity index (χ3v) is 1.16.